The van der Waals surface area contributed by atoms with Gasteiger partial charge in [0.15, 0.2) is 0 Å². The fourth-order valence-electron chi connectivity index (χ4n) is 1.30. The van der Waals surface area contributed by atoms with Gasteiger partial charge in [0.1, 0.15) is 5.15 Å². The number of halogens is 3. The number of pyridine rings is 1. The van der Waals surface area contributed by atoms with E-state index in [0.717, 1.165) is 6.07 Å². The van der Waals surface area contributed by atoms with Gasteiger partial charge in [-0.1, -0.05) is 11.6 Å². The topological polar surface area (TPSA) is 39.2 Å². The largest absolute Gasteiger partial charge is 0.462 e. The third kappa shape index (κ3) is 2.66. The van der Waals surface area contributed by atoms with Crippen molar-refractivity contribution in [2.45, 2.75) is 20.3 Å². The molecule has 0 aromatic carbocycles. The molecule has 1 heterocycles. The van der Waals surface area contributed by atoms with Gasteiger partial charge in [-0.2, -0.15) is 0 Å². The van der Waals surface area contributed by atoms with Crippen molar-refractivity contribution >= 4 is 17.6 Å². The normalized spacial score (nSPS) is 10.6. The first-order valence-electron chi connectivity index (χ1n) is 4.59. The summed E-state index contributed by atoms with van der Waals surface area (Å²) in [7, 11) is 0. The van der Waals surface area contributed by atoms with Gasteiger partial charge >= 0.3 is 5.97 Å². The Kier molecular flexibility index (Phi) is 4.18. The van der Waals surface area contributed by atoms with Gasteiger partial charge in [0.25, 0.3) is 6.43 Å². The molecule has 0 spiro atoms. The third-order valence-corrected chi connectivity index (χ3v) is 2.13. The molecule has 0 aliphatic rings. The van der Waals surface area contributed by atoms with Crippen LogP contribution in [0.2, 0.25) is 5.15 Å². The van der Waals surface area contributed by atoms with Gasteiger partial charge < -0.3 is 4.74 Å². The maximum absolute atomic E-state index is 12.7. The molecule has 0 saturated carbocycles. The highest BCUT2D eigenvalue weighted by Crippen LogP contribution is 2.27. The van der Waals surface area contributed by atoms with Gasteiger partial charge in [-0.05, 0) is 19.9 Å². The lowest BCUT2D eigenvalue weighted by atomic mass is 10.1. The van der Waals surface area contributed by atoms with Crippen molar-refractivity contribution in [2.24, 2.45) is 0 Å². The average molecular weight is 250 g/mol. The van der Waals surface area contributed by atoms with E-state index in [4.69, 9.17) is 11.6 Å². The minimum atomic E-state index is -2.79. The van der Waals surface area contributed by atoms with Crippen molar-refractivity contribution in [1.29, 1.82) is 0 Å². The summed E-state index contributed by atoms with van der Waals surface area (Å²) in [5.74, 6) is -0.815. The first-order chi connectivity index (χ1) is 7.47. The maximum atomic E-state index is 12.7. The molecule has 0 unspecified atom stereocenters. The quantitative estimate of drug-likeness (QED) is 0.610. The highest BCUT2D eigenvalue weighted by molar-refractivity contribution is 6.29. The van der Waals surface area contributed by atoms with Crippen LogP contribution in [0, 0.1) is 6.92 Å². The molecule has 1 rings (SSSR count). The van der Waals surface area contributed by atoms with Gasteiger partial charge in [-0.15, -0.1) is 0 Å². The zero-order valence-electron chi connectivity index (χ0n) is 8.76. The van der Waals surface area contributed by atoms with E-state index in [1.807, 2.05) is 0 Å². The molecule has 0 atom stereocenters. The van der Waals surface area contributed by atoms with E-state index in [-0.39, 0.29) is 23.0 Å². The number of carbonyl (C=O) groups is 1. The molecule has 0 amide bonds. The summed E-state index contributed by atoms with van der Waals surface area (Å²) in [6, 6.07) is 1.09. The number of rotatable bonds is 3. The molecule has 16 heavy (non-hydrogen) atoms. The number of aromatic nitrogens is 1. The Hall–Kier alpha value is -1.23. The van der Waals surface area contributed by atoms with Crippen molar-refractivity contribution in [3.8, 4) is 0 Å². The number of ether oxygens (including phenoxy) is 1. The highest BCUT2D eigenvalue weighted by Gasteiger charge is 2.23. The fourth-order valence-corrected chi connectivity index (χ4v) is 1.53. The van der Waals surface area contributed by atoms with Crippen molar-refractivity contribution in [3.05, 3.63) is 28.0 Å². The maximum Gasteiger partial charge on any atom is 0.338 e. The van der Waals surface area contributed by atoms with E-state index in [1.54, 1.807) is 6.92 Å². The van der Waals surface area contributed by atoms with Gasteiger partial charge in [0.2, 0.25) is 0 Å². The Morgan fingerprint density at radius 1 is 1.62 bits per heavy atom. The number of carbonyl (C=O) groups excluding carboxylic acids is 1. The summed E-state index contributed by atoms with van der Waals surface area (Å²) in [5, 5.41) is -0.00930. The van der Waals surface area contributed by atoms with Crippen LogP contribution < -0.4 is 0 Å². The fraction of sp³-hybridized carbons (Fsp3) is 0.400. The Balaban J connectivity index is 3.29. The summed E-state index contributed by atoms with van der Waals surface area (Å²) < 4.78 is 30.1. The van der Waals surface area contributed by atoms with Gasteiger partial charge in [-0.25, -0.2) is 18.6 Å². The molecule has 0 saturated heterocycles. The van der Waals surface area contributed by atoms with Crippen molar-refractivity contribution < 1.29 is 18.3 Å². The standard InChI is InChI=1S/C10H10ClF2NO2/c1-3-16-10(15)6-4-7(11)14-5(2)8(6)9(12)13/h4,9H,3H2,1-2H3. The first-order valence-corrected chi connectivity index (χ1v) is 4.97. The second-order valence-corrected chi connectivity index (χ2v) is 3.40. The minimum absolute atomic E-state index is 0.00930. The zero-order valence-corrected chi connectivity index (χ0v) is 9.52. The number of aryl methyl sites for hydroxylation is 1. The van der Waals surface area contributed by atoms with E-state index < -0.39 is 18.0 Å². The molecule has 1 aromatic rings. The van der Waals surface area contributed by atoms with E-state index in [2.05, 4.69) is 9.72 Å². The number of hydrogen-bond acceptors (Lipinski definition) is 3. The lowest BCUT2D eigenvalue weighted by molar-refractivity contribution is 0.0514. The summed E-state index contributed by atoms with van der Waals surface area (Å²) in [6.07, 6.45) is -2.79. The Morgan fingerprint density at radius 3 is 2.75 bits per heavy atom. The molecule has 0 aliphatic heterocycles. The Labute approximate surface area is 96.4 Å². The number of hydrogen-bond donors (Lipinski definition) is 0. The van der Waals surface area contributed by atoms with Crippen LogP contribution in [0.15, 0.2) is 6.07 Å². The Bertz CT molecular complexity index is 410. The molecule has 6 heteroatoms. The molecule has 0 bridgehead atoms. The lowest BCUT2D eigenvalue weighted by Gasteiger charge is -2.10. The van der Waals surface area contributed by atoms with Crippen molar-refractivity contribution in [2.75, 3.05) is 6.61 Å². The Morgan fingerprint density at radius 2 is 2.25 bits per heavy atom. The van der Waals surface area contributed by atoms with Crippen LogP contribution in [0.3, 0.4) is 0 Å². The lowest BCUT2D eigenvalue weighted by Crippen LogP contribution is -2.11. The van der Waals surface area contributed by atoms with E-state index >= 15 is 0 Å². The van der Waals surface area contributed by atoms with Crippen molar-refractivity contribution in [1.82, 2.24) is 4.98 Å². The molecular formula is C10H10ClF2NO2. The monoisotopic (exact) mass is 249 g/mol. The molecule has 0 aliphatic carbocycles. The van der Waals surface area contributed by atoms with Crippen LogP contribution in [-0.2, 0) is 4.74 Å². The summed E-state index contributed by atoms with van der Waals surface area (Å²) >= 11 is 5.61. The predicted molar refractivity (Wildman–Crippen MR) is 54.9 cm³/mol. The van der Waals surface area contributed by atoms with Crippen molar-refractivity contribution in [3.63, 3.8) is 0 Å². The second kappa shape index (κ2) is 5.21. The average Bonchev–Trinajstić information content (AvgIpc) is 2.15. The molecule has 88 valence electrons. The minimum Gasteiger partial charge on any atom is -0.462 e. The molecule has 1 aromatic heterocycles. The van der Waals surface area contributed by atoms with Gasteiger partial charge in [0.05, 0.1) is 17.7 Å². The second-order valence-electron chi connectivity index (χ2n) is 3.01. The number of alkyl halides is 2. The number of esters is 1. The van der Waals surface area contributed by atoms with E-state index in [9.17, 15) is 13.6 Å². The van der Waals surface area contributed by atoms with E-state index in [1.165, 1.54) is 6.92 Å². The summed E-state index contributed by atoms with van der Waals surface area (Å²) in [4.78, 5) is 15.1. The molecule has 0 radical (unpaired) electrons. The highest BCUT2D eigenvalue weighted by atomic mass is 35.5. The molecule has 0 N–H and O–H groups in total. The molecule has 3 nitrogen and oxygen atoms in total. The zero-order chi connectivity index (χ0) is 12.3. The van der Waals surface area contributed by atoms with Crippen LogP contribution in [0.5, 0.6) is 0 Å². The van der Waals surface area contributed by atoms with Crippen LogP contribution in [0.4, 0.5) is 8.78 Å². The van der Waals surface area contributed by atoms with Crippen LogP contribution >= 0.6 is 11.6 Å². The molecular weight excluding hydrogens is 240 g/mol. The van der Waals surface area contributed by atoms with Gasteiger partial charge in [-0.3, -0.25) is 0 Å². The first kappa shape index (κ1) is 12.8. The van der Waals surface area contributed by atoms with E-state index in [0.29, 0.717) is 0 Å². The van der Waals surface area contributed by atoms with Crippen LogP contribution in [-0.4, -0.2) is 17.6 Å². The third-order valence-electron chi connectivity index (χ3n) is 1.93. The summed E-state index contributed by atoms with van der Waals surface area (Å²) in [5.41, 5.74) is -0.622. The smallest absolute Gasteiger partial charge is 0.338 e. The predicted octanol–water partition coefficient (Wildman–Crippen LogP) is 3.16. The summed E-state index contributed by atoms with van der Waals surface area (Å²) in [6.45, 7) is 3.08. The van der Waals surface area contributed by atoms with Gasteiger partial charge in [0, 0.05) is 5.69 Å². The molecule has 0 fully saturated rings. The van der Waals surface area contributed by atoms with Crippen LogP contribution in [0.1, 0.15) is 35.0 Å². The van der Waals surface area contributed by atoms with Crippen LogP contribution in [0.25, 0.3) is 0 Å². The number of nitrogens with zero attached hydrogens (tertiary/aromatic N) is 1. The SMILES string of the molecule is CCOC(=O)c1cc(Cl)nc(C)c1C(F)F.